The third-order valence-corrected chi connectivity index (χ3v) is 3.83. The summed E-state index contributed by atoms with van der Waals surface area (Å²) in [4.78, 5) is 10.9. The monoisotopic (exact) mass is 314 g/mol. The zero-order chi connectivity index (χ0) is 17.1. The van der Waals surface area contributed by atoms with Crippen LogP contribution in [0.1, 0.15) is 34.7 Å². The number of aryl methyl sites for hydroxylation is 4. The molecule has 0 aliphatic heterocycles. The van der Waals surface area contributed by atoms with E-state index in [-0.39, 0.29) is 12.2 Å². The van der Waals surface area contributed by atoms with Gasteiger partial charge in [-0.3, -0.25) is 4.79 Å². The molecule has 0 bridgehead atoms. The fourth-order valence-corrected chi connectivity index (χ4v) is 2.71. The summed E-state index contributed by atoms with van der Waals surface area (Å²) in [5.41, 5.74) is 4.18. The molecule has 23 heavy (non-hydrogen) atoms. The van der Waals surface area contributed by atoms with Crippen LogP contribution in [-0.2, 0) is 17.6 Å². The minimum Gasteiger partial charge on any atom is -0.507 e. The lowest BCUT2D eigenvalue weighted by Gasteiger charge is -2.16. The summed E-state index contributed by atoms with van der Waals surface area (Å²) in [5.74, 6) is 0.860. The molecule has 2 aromatic carbocycles. The molecular formula is C19H22O4. The number of carboxylic acids is 1. The van der Waals surface area contributed by atoms with Crippen molar-refractivity contribution in [3.05, 3.63) is 52.1 Å². The first-order valence-corrected chi connectivity index (χ1v) is 7.64. The summed E-state index contributed by atoms with van der Waals surface area (Å²) in [6, 6.07) is 7.33. The highest BCUT2D eigenvalue weighted by atomic mass is 16.5. The van der Waals surface area contributed by atoms with Gasteiger partial charge in [0.05, 0.1) is 6.42 Å². The summed E-state index contributed by atoms with van der Waals surface area (Å²) in [5, 5.41) is 18.8. The Kier molecular flexibility index (Phi) is 4.94. The van der Waals surface area contributed by atoms with E-state index in [1.807, 2.05) is 39.8 Å². The quantitative estimate of drug-likeness (QED) is 0.863. The Morgan fingerprint density at radius 1 is 1.04 bits per heavy atom. The molecular weight excluding hydrogens is 292 g/mol. The molecule has 122 valence electrons. The first-order chi connectivity index (χ1) is 10.8. The second-order valence-electron chi connectivity index (χ2n) is 5.83. The molecule has 0 unspecified atom stereocenters. The number of benzene rings is 2. The van der Waals surface area contributed by atoms with Gasteiger partial charge in [0.25, 0.3) is 0 Å². The molecule has 0 saturated heterocycles. The number of hydrogen-bond acceptors (Lipinski definition) is 3. The fourth-order valence-electron chi connectivity index (χ4n) is 2.71. The maximum atomic E-state index is 10.9. The van der Waals surface area contributed by atoms with Crippen molar-refractivity contribution >= 4 is 5.97 Å². The van der Waals surface area contributed by atoms with E-state index in [0.717, 1.165) is 40.0 Å². The van der Waals surface area contributed by atoms with Crippen molar-refractivity contribution in [3.8, 4) is 17.2 Å². The van der Waals surface area contributed by atoms with Crippen LogP contribution in [0.5, 0.6) is 17.2 Å². The number of aromatic hydroxyl groups is 1. The first-order valence-electron chi connectivity index (χ1n) is 7.64. The van der Waals surface area contributed by atoms with E-state index in [9.17, 15) is 9.90 Å². The van der Waals surface area contributed by atoms with Crippen molar-refractivity contribution in [1.82, 2.24) is 0 Å². The fraction of sp³-hybridized carbons (Fsp3) is 0.316. The molecule has 0 heterocycles. The Morgan fingerprint density at radius 3 is 2.17 bits per heavy atom. The van der Waals surface area contributed by atoms with E-state index in [1.165, 1.54) is 0 Å². The zero-order valence-corrected chi connectivity index (χ0v) is 13.9. The van der Waals surface area contributed by atoms with Crippen molar-refractivity contribution < 1.29 is 19.7 Å². The summed E-state index contributed by atoms with van der Waals surface area (Å²) in [6.45, 7) is 7.59. The lowest BCUT2D eigenvalue weighted by Crippen LogP contribution is -2.03. The van der Waals surface area contributed by atoms with Gasteiger partial charge in [-0.2, -0.15) is 0 Å². The standard InChI is InChI=1S/C19H22O4/c1-5-15-9-14(10-17(20)21)6-13(4)19(15)23-16-7-11(2)18(22)12(3)8-16/h6-9,22H,5,10H2,1-4H3,(H,20,21). The molecule has 0 aromatic heterocycles. The van der Waals surface area contributed by atoms with Crippen molar-refractivity contribution in [3.63, 3.8) is 0 Å². The van der Waals surface area contributed by atoms with Gasteiger partial charge in [-0.05, 0) is 67.1 Å². The minimum atomic E-state index is -0.843. The van der Waals surface area contributed by atoms with Crippen molar-refractivity contribution in [2.24, 2.45) is 0 Å². The Labute approximate surface area is 136 Å². The van der Waals surface area contributed by atoms with Gasteiger partial charge in [-0.15, -0.1) is 0 Å². The molecule has 2 aromatic rings. The number of aliphatic carboxylic acids is 1. The van der Waals surface area contributed by atoms with Crippen LogP contribution in [-0.4, -0.2) is 16.2 Å². The molecule has 0 fully saturated rings. The van der Waals surface area contributed by atoms with Crippen LogP contribution in [0.15, 0.2) is 24.3 Å². The van der Waals surface area contributed by atoms with Crippen LogP contribution in [0.3, 0.4) is 0 Å². The minimum absolute atomic E-state index is 0.00550. The summed E-state index contributed by atoms with van der Waals surface area (Å²) in [7, 11) is 0. The molecule has 2 rings (SSSR count). The Morgan fingerprint density at radius 2 is 1.65 bits per heavy atom. The average Bonchev–Trinajstić information content (AvgIpc) is 2.46. The molecule has 2 N–H and O–H groups in total. The first kappa shape index (κ1) is 16.9. The van der Waals surface area contributed by atoms with Crippen LogP contribution >= 0.6 is 0 Å². The van der Waals surface area contributed by atoms with E-state index in [4.69, 9.17) is 9.84 Å². The Balaban J connectivity index is 2.41. The van der Waals surface area contributed by atoms with Crippen LogP contribution in [0.4, 0.5) is 0 Å². The Hall–Kier alpha value is -2.49. The average molecular weight is 314 g/mol. The third-order valence-electron chi connectivity index (χ3n) is 3.83. The molecule has 0 atom stereocenters. The number of phenolic OH excluding ortho intramolecular Hbond substituents is 1. The highest BCUT2D eigenvalue weighted by Gasteiger charge is 2.13. The molecule has 0 aliphatic carbocycles. The number of rotatable bonds is 5. The lowest BCUT2D eigenvalue weighted by molar-refractivity contribution is -0.136. The molecule has 4 nitrogen and oxygen atoms in total. The van der Waals surface area contributed by atoms with Gasteiger partial charge in [0.2, 0.25) is 0 Å². The summed E-state index contributed by atoms with van der Waals surface area (Å²) >= 11 is 0. The molecule has 0 aliphatic rings. The molecule has 4 heteroatoms. The van der Waals surface area contributed by atoms with Gasteiger partial charge in [-0.1, -0.05) is 19.1 Å². The number of carboxylic acid groups (broad SMARTS) is 1. The number of ether oxygens (including phenoxy) is 1. The van der Waals surface area contributed by atoms with Crippen molar-refractivity contribution in [2.75, 3.05) is 0 Å². The van der Waals surface area contributed by atoms with E-state index in [1.54, 1.807) is 12.1 Å². The highest BCUT2D eigenvalue weighted by Crippen LogP contribution is 2.34. The van der Waals surface area contributed by atoms with Gasteiger partial charge < -0.3 is 14.9 Å². The maximum Gasteiger partial charge on any atom is 0.307 e. The maximum absolute atomic E-state index is 10.9. The van der Waals surface area contributed by atoms with Gasteiger partial charge in [0.1, 0.15) is 17.2 Å². The summed E-state index contributed by atoms with van der Waals surface area (Å²) < 4.78 is 6.05. The normalized spacial score (nSPS) is 10.6. The predicted octanol–water partition coefficient (Wildman–Crippen LogP) is 4.30. The number of hydrogen-bond donors (Lipinski definition) is 2. The van der Waals surface area contributed by atoms with E-state index < -0.39 is 5.97 Å². The van der Waals surface area contributed by atoms with Crippen molar-refractivity contribution in [2.45, 2.75) is 40.5 Å². The predicted molar refractivity (Wildman–Crippen MR) is 89.6 cm³/mol. The van der Waals surface area contributed by atoms with Crippen LogP contribution in [0, 0.1) is 20.8 Å². The second-order valence-corrected chi connectivity index (χ2v) is 5.83. The number of carbonyl (C=O) groups is 1. The molecule has 0 spiro atoms. The lowest BCUT2D eigenvalue weighted by atomic mass is 10.0. The van der Waals surface area contributed by atoms with Crippen molar-refractivity contribution in [1.29, 1.82) is 0 Å². The molecule has 0 radical (unpaired) electrons. The van der Waals surface area contributed by atoms with Gasteiger partial charge >= 0.3 is 5.97 Å². The largest absolute Gasteiger partial charge is 0.507 e. The smallest absolute Gasteiger partial charge is 0.307 e. The van der Waals surface area contributed by atoms with Crippen LogP contribution in [0.2, 0.25) is 0 Å². The zero-order valence-electron chi connectivity index (χ0n) is 13.9. The van der Waals surface area contributed by atoms with E-state index in [2.05, 4.69) is 0 Å². The molecule has 0 saturated carbocycles. The van der Waals surface area contributed by atoms with Gasteiger partial charge in [0.15, 0.2) is 0 Å². The summed E-state index contributed by atoms with van der Waals surface area (Å²) in [6.07, 6.45) is 0.755. The Bertz CT molecular complexity index is 724. The second kappa shape index (κ2) is 6.73. The van der Waals surface area contributed by atoms with Gasteiger partial charge in [-0.25, -0.2) is 0 Å². The third kappa shape index (κ3) is 3.83. The van der Waals surface area contributed by atoms with Crippen LogP contribution < -0.4 is 4.74 Å². The van der Waals surface area contributed by atoms with E-state index >= 15 is 0 Å². The van der Waals surface area contributed by atoms with Crippen LogP contribution in [0.25, 0.3) is 0 Å². The highest BCUT2D eigenvalue weighted by molar-refractivity contribution is 5.70. The number of phenols is 1. The SMILES string of the molecule is CCc1cc(CC(=O)O)cc(C)c1Oc1cc(C)c(O)c(C)c1. The van der Waals surface area contributed by atoms with E-state index in [0.29, 0.717) is 5.75 Å². The molecule has 0 amide bonds. The van der Waals surface area contributed by atoms with Gasteiger partial charge in [0, 0.05) is 0 Å². The topological polar surface area (TPSA) is 66.8 Å².